The van der Waals surface area contributed by atoms with E-state index in [4.69, 9.17) is 5.11 Å². The van der Waals surface area contributed by atoms with Crippen LogP contribution in [0.2, 0.25) is 0 Å². The molecule has 1 N–H and O–H groups in total. The molecule has 1 fully saturated rings. The van der Waals surface area contributed by atoms with Crippen LogP contribution in [0.1, 0.15) is 47.7 Å². The van der Waals surface area contributed by atoms with Gasteiger partial charge >= 0.3 is 5.97 Å². The van der Waals surface area contributed by atoms with Crippen molar-refractivity contribution in [3.05, 3.63) is 39.3 Å². The molecule has 1 aliphatic rings. The summed E-state index contributed by atoms with van der Waals surface area (Å²) in [7, 11) is 0. The lowest BCUT2D eigenvalue weighted by Crippen LogP contribution is -2.32. The molecule has 2 aromatic heterocycles. The number of carbonyl (C=O) groups is 1. The quantitative estimate of drug-likeness (QED) is 0.870. The van der Waals surface area contributed by atoms with Crippen molar-refractivity contribution < 1.29 is 9.90 Å². The van der Waals surface area contributed by atoms with Crippen LogP contribution in [0, 0.1) is 13.8 Å². The van der Waals surface area contributed by atoms with Crippen LogP contribution in [-0.4, -0.2) is 38.8 Å². The molecule has 0 unspecified atom stereocenters. The highest BCUT2D eigenvalue weighted by Crippen LogP contribution is 2.30. The average Bonchev–Trinajstić information content (AvgIpc) is 3.18. The van der Waals surface area contributed by atoms with E-state index < -0.39 is 5.97 Å². The summed E-state index contributed by atoms with van der Waals surface area (Å²) in [4.78, 5) is 13.3. The van der Waals surface area contributed by atoms with E-state index in [2.05, 4.69) is 33.7 Å². The third-order valence-electron chi connectivity index (χ3n) is 5.05. The number of piperidine rings is 1. The van der Waals surface area contributed by atoms with Gasteiger partial charge in [-0.15, -0.1) is 0 Å². The Morgan fingerprint density at radius 1 is 1.38 bits per heavy atom. The molecule has 0 saturated carbocycles. The smallest absolute Gasteiger partial charge is 0.305 e. The highest BCUT2D eigenvalue weighted by molar-refractivity contribution is 7.07. The van der Waals surface area contributed by atoms with Gasteiger partial charge in [-0.25, -0.2) is 0 Å². The fraction of sp³-hybridized carbons (Fsp3) is 0.556. The lowest BCUT2D eigenvalue weighted by molar-refractivity contribution is -0.137. The summed E-state index contributed by atoms with van der Waals surface area (Å²) in [5, 5.41) is 17.8. The van der Waals surface area contributed by atoms with Gasteiger partial charge in [0, 0.05) is 17.8 Å². The van der Waals surface area contributed by atoms with E-state index in [1.807, 2.05) is 11.6 Å². The molecule has 3 rings (SSSR count). The normalized spacial score (nSPS) is 16.6. The molecule has 2 aromatic rings. The largest absolute Gasteiger partial charge is 0.481 e. The molecule has 1 aliphatic heterocycles. The number of likely N-dealkylation sites (tertiary alicyclic amines) is 1. The second-order valence-corrected chi connectivity index (χ2v) is 7.40. The maximum absolute atomic E-state index is 10.8. The number of aryl methyl sites for hydroxylation is 2. The van der Waals surface area contributed by atoms with Crippen LogP contribution in [0.4, 0.5) is 0 Å². The first-order chi connectivity index (χ1) is 11.5. The Kier molecular flexibility index (Phi) is 5.36. The number of hydrogen-bond donors (Lipinski definition) is 1. The van der Waals surface area contributed by atoms with Crippen molar-refractivity contribution >= 4 is 17.3 Å². The van der Waals surface area contributed by atoms with E-state index in [0.717, 1.165) is 31.0 Å². The summed E-state index contributed by atoms with van der Waals surface area (Å²) in [6.07, 6.45) is 2.54. The van der Waals surface area contributed by atoms with Gasteiger partial charge in [-0.3, -0.25) is 14.4 Å². The number of hydrogen-bond acceptors (Lipinski definition) is 4. The third kappa shape index (κ3) is 3.87. The lowest BCUT2D eigenvalue weighted by Gasteiger charge is -2.31. The Morgan fingerprint density at radius 3 is 2.75 bits per heavy atom. The number of thiophene rings is 1. The number of aromatic nitrogens is 2. The molecule has 0 spiro atoms. The predicted octanol–water partition coefficient (Wildman–Crippen LogP) is 3.42. The maximum atomic E-state index is 10.8. The molecule has 1 saturated heterocycles. The van der Waals surface area contributed by atoms with Crippen LogP contribution in [0.3, 0.4) is 0 Å². The molecule has 6 heteroatoms. The van der Waals surface area contributed by atoms with E-state index in [1.54, 1.807) is 11.3 Å². The van der Waals surface area contributed by atoms with Crippen LogP contribution < -0.4 is 0 Å². The first-order valence-corrected chi connectivity index (χ1v) is 9.48. The molecule has 3 heterocycles. The zero-order valence-electron chi connectivity index (χ0n) is 14.4. The summed E-state index contributed by atoms with van der Waals surface area (Å²) in [5.41, 5.74) is 4.88. The van der Waals surface area contributed by atoms with E-state index in [1.165, 1.54) is 24.0 Å². The van der Waals surface area contributed by atoms with E-state index >= 15 is 0 Å². The summed E-state index contributed by atoms with van der Waals surface area (Å²) < 4.78 is 1.84. The van der Waals surface area contributed by atoms with Crippen LogP contribution in [-0.2, 0) is 17.9 Å². The van der Waals surface area contributed by atoms with Gasteiger partial charge in [0.05, 0.1) is 18.7 Å². The summed E-state index contributed by atoms with van der Waals surface area (Å²) in [5.74, 6) is -0.0763. The Bertz CT molecular complexity index is 685. The fourth-order valence-corrected chi connectivity index (χ4v) is 4.28. The second kappa shape index (κ2) is 7.49. The molecule has 130 valence electrons. The summed E-state index contributed by atoms with van der Waals surface area (Å²) >= 11 is 1.78. The van der Waals surface area contributed by atoms with E-state index in [-0.39, 0.29) is 6.42 Å². The fourth-order valence-electron chi connectivity index (χ4n) is 3.54. The minimum atomic E-state index is -0.778. The Hall–Kier alpha value is -1.66. The maximum Gasteiger partial charge on any atom is 0.305 e. The summed E-state index contributed by atoms with van der Waals surface area (Å²) in [6, 6.07) is 2.26. The minimum Gasteiger partial charge on any atom is -0.481 e. The Labute approximate surface area is 146 Å². The van der Waals surface area contributed by atoms with Gasteiger partial charge in [-0.2, -0.15) is 16.4 Å². The number of rotatable bonds is 6. The SMILES string of the molecule is Cc1nn(CCC(=O)O)c(C)c1CN1CCC(c2ccsc2)CC1. The van der Waals surface area contributed by atoms with Crippen molar-refractivity contribution in [2.24, 2.45) is 0 Å². The van der Waals surface area contributed by atoms with Crippen molar-refractivity contribution in [2.75, 3.05) is 13.1 Å². The molecule has 0 radical (unpaired) electrons. The molecule has 0 aliphatic carbocycles. The van der Waals surface area contributed by atoms with Crippen LogP contribution in [0.5, 0.6) is 0 Å². The highest BCUT2D eigenvalue weighted by Gasteiger charge is 2.23. The molecule has 24 heavy (non-hydrogen) atoms. The van der Waals surface area contributed by atoms with Gasteiger partial charge in [-0.1, -0.05) is 0 Å². The van der Waals surface area contributed by atoms with Gasteiger partial charge in [0.2, 0.25) is 0 Å². The van der Waals surface area contributed by atoms with E-state index in [0.29, 0.717) is 12.5 Å². The molecule has 0 atom stereocenters. The first kappa shape index (κ1) is 17.2. The molecule has 0 bridgehead atoms. The minimum absolute atomic E-state index is 0.118. The van der Waals surface area contributed by atoms with Crippen LogP contribution >= 0.6 is 11.3 Å². The number of carboxylic acids is 1. The average molecular weight is 347 g/mol. The molecular formula is C18H25N3O2S. The number of nitrogens with zero attached hydrogens (tertiary/aromatic N) is 3. The molecule has 0 amide bonds. The van der Waals surface area contributed by atoms with Gasteiger partial charge in [0.1, 0.15) is 0 Å². The zero-order chi connectivity index (χ0) is 17.1. The van der Waals surface area contributed by atoms with Crippen molar-refractivity contribution in [2.45, 2.75) is 52.1 Å². The van der Waals surface area contributed by atoms with Crippen molar-refractivity contribution in [1.82, 2.24) is 14.7 Å². The van der Waals surface area contributed by atoms with Crippen molar-refractivity contribution in [3.8, 4) is 0 Å². The van der Waals surface area contributed by atoms with Gasteiger partial charge in [0.25, 0.3) is 0 Å². The van der Waals surface area contributed by atoms with Crippen LogP contribution in [0.15, 0.2) is 16.8 Å². The standard InChI is InChI=1S/C18H25N3O2S/c1-13-17(14(2)21(19-13)9-5-18(22)23)11-20-7-3-15(4-8-20)16-6-10-24-12-16/h6,10,12,15H,3-5,7-9,11H2,1-2H3,(H,22,23). The van der Waals surface area contributed by atoms with Crippen molar-refractivity contribution in [1.29, 1.82) is 0 Å². The van der Waals surface area contributed by atoms with Gasteiger partial charge in [-0.05, 0) is 68.1 Å². The molecule has 0 aromatic carbocycles. The van der Waals surface area contributed by atoms with Crippen LogP contribution in [0.25, 0.3) is 0 Å². The Balaban J connectivity index is 1.59. The van der Waals surface area contributed by atoms with Gasteiger partial charge < -0.3 is 5.11 Å². The topological polar surface area (TPSA) is 58.4 Å². The number of aliphatic carboxylic acids is 1. The lowest BCUT2D eigenvalue weighted by atomic mass is 9.91. The highest BCUT2D eigenvalue weighted by atomic mass is 32.1. The second-order valence-electron chi connectivity index (χ2n) is 6.62. The van der Waals surface area contributed by atoms with E-state index in [9.17, 15) is 4.79 Å². The number of carboxylic acid groups (broad SMARTS) is 1. The predicted molar refractivity (Wildman–Crippen MR) is 95.5 cm³/mol. The monoisotopic (exact) mass is 347 g/mol. The van der Waals surface area contributed by atoms with Crippen molar-refractivity contribution in [3.63, 3.8) is 0 Å². The Morgan fingerprint density at radius 2 is 2.12 bits per heavy atom. The van der Waals surface area contributed by atoms with Gasteiger partial charge in [0.15, 0.2) is 0 Å². The molecule has 5 nitrogen and oxygen atoms in total. The zero-order valence-corrected chi connectivity index (χ0v) is 15.2. The first-order valence-electron chi connectivity index (χ1n) is 8.53. The third-order valence-corrected chi connectivity index (χ3v) is 5.75. The summed E-state index contributed by atoms with van der Waals surface area (Å²) in [6.45, 7) is 7.66. The molecular weight excluding hydrogens is 322 g/mol.